The Bertz CT molecular complexity index is 704. The van der Waals surface area contributed by atoms with Crippen LogP contribution in [-0.4, -0.2) is 37.9 Å². The van der Waals surface area contributed by atoms with Crippen LogP contribution in [-0.2, 0) is 9.53 Å². The number of thioether (sulfide) groups is 1. The molecular formula is C18H18ClNO4S. The van der Waals surface area contributed by atoms with Crippen LogP contribution in [0.15, 0.2) is 53.4 Å². The smallest absolute Gasteiger partial charge is 0.337 e. The minimum absolute atomic E-state index is 0.0802. The van der Waals surface area contributed by atoms with Gasteiger partial charge in [-0.25, -0.2) is 4.79 Å². The van der Waals surface area contributed by atoms with E-state index < -0.39 is 5.97 Å². The lowest BCUT2D eigenvalue weighted by Crippen LogP contribution is -2.30. The van der Waals surface area contributed by atoms with Crippen molar-refractivity contribution in [2.75, 3.05) is 26.0 Å². The number of ether oxygens (including phenoxy) is 2. The summed E-state index contributed by atoms with van der Waals surface area (Å²) in [7, 11) is 1.32. The number of halogens is 1. The van der Waals surface area contributed by atoms with E-state index in [9.17, 15) is 9.59 Å². The van der Waals surface area contributed by atoms with E-state index in [4.69, 9.17) is 16.3 Å². The first kappa shape index (κ1) is 19.1. The molecule has 0 saturated heterocycles. The van der Waals surface area contributed by atoms with Crippen molar-refractivity contribution in [1.82, 2.24) is 5.32 Å². The van der Waals surface area contributed by atoms with Gasteiger partial charge < -0.3 is 14.8 Å². The number of amides is 1. The van der Waals surface area contributed by atoms with E-state index in [0.717, 1.165) is 10.6 Å². The third-order valence-electron chi connectivity index (χ3n) is 3.15. The molecule has 0 fully saturated rings. The number of rotatable bonds is 8. The van der Waals surface area contributed by atoms with Crippen LogP contribution in [0.3, 0.4) is 0 Å². The minimum atomic E-state index is -0.414. The van der Waals surface area contributed by atoms with Gasteiger partial charge in [0.1, 0.15) is 5.75 Å². The van der Waals surface area contributed by atoms with Crippen molar-refractivity contribution in [2.24, 2.45) is 0 Å². The van der Waals surface area contributed by atoms with Crippen LogP contribution >= 0.6 is 23.4 Å². The highest BCUT2D eigenvalue weighted by Gasteiger charge is 2.06. The Morgan fingerprint density at radius 2 is 1.76 bits per heavy atom. The standard InChI is InChI=1S/C18H18ClNO4S/c1-23-18(22)13-2-6-15(7-3-13)24-12-17(21)20-10-11-25-16-8-4-14(19)5-9-16/h2-9H,10-12H2,1H3,(H,20,21). The Balaban J connectivity index is 1.65. The lowest BCUT2D eigenvalue weighted by atomic mass is 10.2. The van der Waals surface area contributed by atoms with Gasteiger partial charge in [0.2, 0.25) is 0 Å². The van der Waals surface area contributed by atoms with Crippen LogP contribution in [0.2, 0.25) is 5.02 Å². The van der Waals surface area contributed by atoms with Gasteiger partial charge in [-0.05, 0) is 48.5 Å². The Morgan fingerprint density at radius 1 is 1.08 bits per heavy atom. The van der Waals surface area contributed by atoms with Gasteiger partial charge in [0.05, 0.1) is 12.7 Å². The fraction of sp³-hybridized carbons (Fsp3) is 0.222. The van der Waals surface area contributed by atoms with Crippen molar-refractivity contribution in [3.63, 3.8) is 0 Å². The second kappa shape index (κ2) is 9.96. The quantitative estimate of drug-likeness (QED) is 0.432. The number of benzene rings is 2. The van der Waals surface area contributed by atoms with Crippen LogP contribution in [0.25, 0.3) is 0 Å². The maximum Gasteiger partial charge on any atom is 0.337 e. The summed E-state index contributed by atoms with van der Waals surface area (Å²) >= 11 is 7.46. The number of hydrogen-bond donors (Lipinski definition) is 1. The molecule has 2 aromatic carbocycles. The fourth-order valence-electron chi connectivity index (χ4n) is 1.90. The molecule has 132 valence electrons. The molecule has 0 aliphatic rings. The van der Waals surface area contributed by atoms with Gasteiger partial charge in [0, 0.05) is 22.2 Å². The maximum atomic E-state index is 11.8. The van der Waals surface area contributed by atoms with Crippen molar-refractivity contribution >= 4 is 35.2 Å². The summed E-state index contributed by atoms with van der Waals surface area (Å²) < 4.78 is 9.99. The third-order valence-corrected chi connectivity index (χ3v) is 4.42. The Kier molecular flexibility index (Phi) is 7.63. The molecule has 0 aliphatic heterocycles. The molecular weight excluding hydrogens is 362 g/mol. The van der Waals surface area contributed by atoms with Crippen LogP contribution < -0.4 is 10.1 Å². The van der Waals surface area contributed by atoms with Gasteiger partial charge in [-0.2, -0.15) is 0 Å². The van der Waals surface area contributed by atoms with Crippen LogP contribution in [0.5, 0.6) is 5.75 Å². The number of hydrogen-bond acceptors (Lipinski definition) is 5. The molecule has 1 N–H and O–H groups in total. The second-order valence-electron chi connectivity index (χ2n) is 4.96. The van der Waals surface area contributed by atoms with E-state index in [2.05, 4.69) is 10.1 Å². The molecule has 1 amide bonds. The molecule has 5 nitrogen and oxygen atoms in total. The van der Waals surface area contributed by atoms with E-state index in [1.165, 1.54) is 7.11 Å². The van der Waals surface area contributed by atoms with E-state index >= 15 is 0 Å². The van der Waals surface area contributed by atoms with Crippen molar-refractivity contribution in [3.8, 4) is 5.75 Å². The summed E-state index contributed by atoms with van der Waals surface area (Å²) in [5, 5.41) is 3.49. The van der Waals surface area contributed by atoms with Crippen LogP contribution in [0.4, 0.5) is 0 Å². The number of carbonyl (C=O) groups excluding carboxylic acids is 2. The molecule has 0 heterocycles. The molecule has 25 heavy (non-hydrogen) atoms. The van der Waals surface area contributed by atoms with E-state index in [0.29, 0.717) is 22.9 Å². The lowest BCUT2D eigenvalue weighted by molar-refractivity contribution is -0.122. The van der Waals surface area contributed by atoms with Crippen LogP contribution in [0.1, 0.15) is 10.4 Å². The Hall–Kier alpha value is -2.18. The molecule has 2 rings (SSSR count). The molecule has 0 unspecified atom stereocenters. The summed E-state index contributed by atoms with van der Waals surface area (Å²) in [6.07, 6.45) is 0. The molecule has 0 aromatic heterocycles. The summed E-state index contributed by atoms with van der Waals surface area (Å²) in [5.74, 6) is 0.649. The monoisotopic (exact) mass is 379 g/mol. The summed E-state index contributed by atoms with van der Waals surface area (Å²) in [4.78, 5) is 24.2. The molecule has 2 aromatic rings. The summed E-state index contributed by atoms with van der Waals surface area (Å²) in [6.45, 7) is 0.458. The largest absolute Gasteiger partial charge is 0.484 e. The number of esters is 1. The normalized spacial score (nSPS) is 10.2. The fourth-order valence-corrected chi connectivity index (χ4v) is 2.79. The highest BCUT2D eigenvalue weighted by Crippen LogP contribution is 2.19. The SMILES string of the molecule is COC(=O)c1ccc(OCC(=O)NCCSc2ccc(Cl)cc2)cc1. The second-order valence-corrected chi connectivity index (χ2v) is 6.56. The van der Waals surface area contributed by atoms with Crippen molar-refractivity contribution in [2.45, 2.75) is 4.90 Å². The van der Waals surface area contributed by atoms with E-state index in [1.54, 1.807) is 36.0 Å². The molecule has 0 bridgehead atoms. The predicted octanol–water partition coefficient (Wildman–Crippen LogP) is 3.41. The van der Waals surface area contributed by atoms with E-state index in [1.807, 2.05) is 24.3 Å². The van der Waals surface area contributed by atoms with Gasteiger partial charge in [-0.1, -0.05) is 11.6 Å². The molecule has 7 heteroatoms. The van der Waals surface area contributed by atoms with Gasteiger partial charge in [0.25, 0.3) is 5.91 Å². The van der Waals surface area contributed by atoms with Crippen molar-refractivity contribution in [3.05, 3.63) is 59.1 Å². The Labute approximate surface area is 155 Å². The third kappa shape index (κ3) is 6.68. The summed E-state index contributed by atoms with van der Waals surface area (Å²) in [6, 6.07) is 14.0. The van der Waals surface area contributed by atoms with Crippen LogP contribution in [0, 0.1) is 0 Å². The van der Waals surface area contributed by atoms with Gasteiger partial charge in [0.15, 0.2) is 6.61 Å². The van der Waals surface area contributed by atoms with Gasteiger partial charge in [-0.15, -0.1) is 11.8 Å². The highest BCUT2D eigenvalue weighted by molar-refractivity contribution is 7.99. The topological polar surface area (TPSA) is 64.6 Å². The zero-order chi connectivity index (χ0) is 18.1. The predicted molar refractivity (Wildman–Crippen MR) is 98.5 cm³/mol. The zero-order valence-corrected chi connectivity index (χ0v) is 15.2. The first-order valence-electron chi connectivity index (χ1n) is 7.55. The average molecular weight is 380 g/mol. The molecule has 0 spiro atoms. The maximum absolute atomic E-state index is 11.8. The van der Waals surface area contributed by atoms with Crippen molar-refractivity contribution in [1.29, 1.82) is 0 Å². The Morgan fingerprint density at radius 3 is 2.40 bits per heavy atom. The minimum Gasteiger partial charge on any atom is -0.484 e. The first-order valence-corrected chi connectivity index (χ1v) is 8.91. The number of carbonyl (C=O) groups is 2. The molecule has 0 aliphatic carbocycles. The zero-order valence-electron chi connectivity index (χ0n) is 13.7. The molecule has 0 radical (unpaired) electrons. The van der Waals surface area contributed by atoms with Gasteiger partial charge >= 0.3 is 5.97 Å². The number of methoxy groups -OCH3 is 1. The molecule has 0 saturated carbocycles. The number of nitrogens with one attached hydrogen (secondary N) is 1. The van der Waals surface area contributed by atoms with Gasteiger partial charge in [-0.3, -0.25) is 4.79 Å². The highest BCUT2D eigenvalue weighted by atomic mass is 35.5. The van der Waals surface area contributed by atoms with Crippen molar-refractivity contribution < 1.29 is 19.1 Å². The summed E-state index contributed by atoms with van der Waals surface area (Å²) in [5.41, 5.74) is 0.429. The van der Waals surface area contributed by atoms with E-state index in [-0.39, 0.29) is 12.5 Å². The lowest BCUT2D eigenvalue weighted by Gasteiger charge is -2.08. The molecule has 0 atom stereocenters. The first-order chi connectivity index (χ1) is 12.1. The average Bonchev–Trinajstić information content (AvgIpc) is 2.64.